The summed E-state index contributed by atoms with van der Waals surface area (Å²) in [6, 6.07) is 12.6. The maximum Gasteiger partial charge on any atom is 0.412 e. The number of nitrogens with zero attached hydrogens (tertiary/aromatic N) is 5. The van der Waals surface area contributed by atoms with Gasteiger partial charge in [-0.3, -0.25) is 14.7 Å². The number of imidazole rings is 1. The first kappa shape index (κ1) is 23.3. The van der Waals surface area contributed by atoms with E-state index in [2.05, 4.69) is 15.0 Å². The van der Waals surface area contributed by atoms with Gasteiger partial charge in [0.15, 0.2) is 5.82 Å². The van der Waals surface area contributed by atoms with E-state index in [4.69, 9.17) is 9.72 Å². The molecule has 0 saturated carbocycles. The van der Waals surface area contributed by atoms with Crippen molar-refractivity contribution < 1.29 is 19.4 Å². The number of H-pyrrole nitrogens is 1. The summed E-state index contributed by atoms with van der Waals surface area (Å²) in [5.74, 6) is 2.00. The van der Waals surface area contributed by atoms with Gasteiger partial charge in [0.2, 0.25) is 5.91 Å². The predicted molar refractivity (Wildman–Crippen MR) is 134 cm³/mol. The minimum Gasteiger partial charge on any atom is -0.465 e. The van der Waals surface area contributed by atoms with Crippen LogP contribution in [0.2, 0.25) is 0 Å². The van der Waals surface area contributed by atoms with Crippen LogP contribution in [-0.2, 0) is 4.79 Å². The third-order valence-electron chi connectivity index (χ3n) is 6.31. The highest BCUT2D eigenvalue weighted by atomic mass is 16.5. The Kier molecular flexibility index (Phi) is 6.24. The van der Waals surface area contributed by atoms with E-state index in [1.807, 2.05) is 35.2 Å². The molecule has 1 aromatic carbocycles. The summed E-state index contributed by atoms with van der Waals surface area (Å²) < 4.78 is 6.27. The van der Waals surface area contributed by atoms with Crippen LogP contribution >= 0.6 is 0 Å². The number of hydrogen-bond acceptors (Lipinski definition) is 6. The molecule has 1 saturated heterocycles. The molecule has 10 heteroatoms. The number of anilines is 1. The standard InChI is InChI=1S/C26H26N6O4/c1-3-31(26(34)35)24-10-9-17(15-28-24)36-23-14-21-20(29-25(30-21)19-7-4-5-11-27-19)13-18(23)22-8-6-12-32(22)16(2)33/h4-5,7,9-11,13-15,22H,3,6,8,12H2,1-2H3,(H,29,30)(H,34,35). The summed E-state index contributed by atoms with van der Waals surface area (Å²) in [5, 5.41) is 9.35. The number of carboxylic acid groups (broad SMARTS) is 1. The van der Waals surface area contributed by atoms with Crippen molar-refractivity contribution in [2.75, 3.05) is 18.0 Å². The SMILES string of the molecule is CCN(C(=O)O)c1ccc(Oc2cc3nc(-c4ccccn4)[nH]c3cc2C2CCCN2C(C)=O)cn1. The Bertz CT molecular complexity index is 1400. The Morgan fingerprint density at radius 2 is 2.08 bits per heavy atom. The Hall–Kier alpha value is -4.47. The van der Waals surface area contributed by atoms with Gasteiger partial charge in [0.25, 0.3) is 0 Å². The van der Waals surface area contributed by atoms with Crippen LogP contribution in [0.3, 0.4) is 0 Å². The third-order valence-corrected chi connectivity index (χ3v) is 6.31. The van der Waals surface area contributed by atoms with E-state index in [0.717, 1.165) is 34.5 Å². The molecule has 5 rings (SSSR count). The third kappa shape index (κ3) is 4.45. The van der Waals surface area contributed by atoms with E-state index in [1.54, 1.807) is 32.2 Å². The average molecular weight is 487 g/mol. The van der Waals surface area contributed by atoms with E-state index < -0.39 is 6.09 Å². The van der Waals surface area contributed by atoms with Crippen molar-refractivity contribution in [1.82, 2.24) is 24.8 Å². The van der Waals surface area contributed by atoms with E-state index in [0.29, 0.717) is 35.2 Å². The lowest BCUT2D eigenvalue weighted by Gasteiger charge is -2.25. The number of carbonyl (C=O) groups is 2. The van der Waals surface area contributed by atoms with Gasteiger partial charge in [-0.15, -0.1) is 0 Å². The van der Waals surface area contributed by atoms with Gasteiger partial charge in [-0.1, -0.05) is 6.07 Å². The molecule has 2 N–H and O–H groups in total. The molecule has 2 amide bonds. The zero-order valence-corrected chi connectivity index (χ0v) is 20.0. The average Bonchev–Trinajstić information content (AvgIpc) is 3.52. The van der Waals surface area contributed by atoms with E-state index in [9.17, 15) is 14.7 Å². The van der Waals surface area contributed by atoms with Gasteiger partial charge in [0.1, 0.15) is 23.0 Å². The highest BCUT2D eigenvalue weighted by Gasteiger charge is 2.31. The summed E-state index contributed by atoms with van der Waals surface area (Å²) in [5.41, 5.74) is 3.12. The second kappa shape index (κ2) is 9.65. The number of likely N-dealkylation sites (tertiary alicyclic amines) is 1. The molecule has 0 bridgehead atoms. The molecule has 184 valence electrons. The quantitative estimate of drug-likeness (QED) is 0.393. The lowest BCUT2D eigenvalue weighted by Crippen LogP contribution is -2.29. The summed E-state index contributed by atoms with van der Waals surface area (Å²) in [7, 11) is 0. The van der Waals surface area contributed by atoms with Crippen molar-refractivity contribution in [3.05, 3.63) is 60.4 Å². The maximum absolute atomic E-state index is 12.3. The van der Waals surface area contributed by atoms with Gasteiger partial charge in [0, 0.05) is 37.8 Å². The second-order valence-electron chi connectivity index (χ2n) is 8.56. The molecule has 10 nitrogen and oxygen atoms in total. The zero-order valence-electron chi connectivity index (χ0n) is 20.0. The fourth-order valence-corrected chi connectivity index (χ4v) is 4.61. The minimum absolute atomic E-state index is 0.0154. The molecule has 1 aliphatic heterocycles. The number of pyridine rings is 2. The number of ether oxygens (including phenoxy) is 1. The molecule has 1 unspecified atom stereocenters. The Labute approximate surface area is 207 Å². The van der Waals surface area contributed by atoms with Crippen LogP contribution in [0.4, 0.5) is 10.6 Å². The topological polar surface area (TPSA) is 125 Å². The number of aromatic nitrogens is 4. The van der Waals surface area contributed by atoms with Crippen molar-refractivity contribution in [3.8, 4) is 23.0 Å². The number of rotatable bonds is 6. The molecule has 1 fully saturated rings. The van der Waals surface area contributed by atoms with Gasteiger partial charge in [-0.05, 0) is 50.1 Å². The maximum atomic E-state index is 12.3. The Morgan fingerprint density at radius 3 is 2.75 bits per heavy atom. The van der Waals surface area contributed by atoms with Gasteiger partial charge in [0.05, 0.1) is 23.3 Å². The fraction of sp³-hybridized carbons (Fsp3) is 0.269. The van der Waals surface area contributed by atoms with Gasteiger partial charge >= 0.3 is 6.09 Å². The van der Waals surface area contributed by atoms with Gasteiger partial charge in [-0.25, -0.2) is 14.8 Å². The highest BCUT2D eigenvalue weighted by molar-refractivity contribution is 5.85. The largest absolute Gasteiger partial charge is 0.465 e. The predicted octanol–water partition coefficient (Wildman–Crippen LogP) is 5.00. The van der Waals surface area contributed by atoms with Crippen LogP contribution in [-0.4, -0.2) is 55.0 Å². The van der Waals surface area contributed by atoms with E-state index in [1.165, 1.54) is 6.20 Å². The van der Waals surface area contributed by atoms with E-state index in [-0.39, 0.29) is 18.5 Å². The molecule has 3 aromatic heterocycles. The van der Waals surface area contributed by atoms with Crippen LogP contribution in [0.5, 0.6) is 11.5 Å². The van der Waals surface area contributed by atoms with Crippen LogP contribution in [0.25, 0.3) is 22.6 Å². The molecule has 4 aromatic rings. The van der Waals surface area contributed by atoms with Crippen molar-refractivity contribution >= 4 is 28.9 Å². The van der Waals surface area contributed by atoms with Crippen molar-refractivity contribution in [2.45, 2.75) is 32.7 Å². The van der Waals surface area contributed by atoms with Gasteiger partial charge in [-0.2, -0.15) is 0 Å². The Morgan fingerprint density at radius 1 is 1.22 bits per heavy atom. The van der Waals surface area contributed by atoms with Crippen molar-refractivity contribution in [3.63, 3.8) is 0 Å². The first-order valence-corrected chi connectivity index (χ1v) is 11.8. The number of hydrogen-bond donors (Lipinski definition) is 2. The smallest absolute Gasteiger partial charge is 0.412 e. The molecular weight excluding hydrogens is 460 g/mol. The molecule has 1 aliphatic rings. The summed E-state index contributed by atoms with van der Waals surface area (Å²) in [6.45, 7) is 4.30. The minimum atomic E-state index is -1.07. The Balaban J connectivity index is 1.55. The number of carbonyl (C=O) groups excluding carboxylic acids is 1. The number of amides is 2. The van der Waals surface area contributed by atoms with Crippen LogP contribution in [0.1, 0.15) is 38.3 Å². The molecular formula is C26H26N6O4. The van der Waals surface area contributed by atoms with Gasteiger partial charge < -0.3 is 19.7 Å². The molecule has 0 spiro atoms. The monoisotopic (exact) mass is 486 g/mol. The summed E-state index contributed by atoms with van der Waals surface area (Å²) >= 11 is 0. The summed E-state index contributed by atoms with van der Waals surface area (Å²) in [4.78, 5) is 43.5. The molecule has 1 atom stereocenters. The number of benzene rings is 1. The molecule has 36 heavy (non-hydrogen) atoms. The zero-order chi connectivity index (χ0) is 25.2. The van der Waals surface area contributed by atoms with Crippen LogP contribution in [0.15, 0.2) is 54.9 Å². The fourth-order valence-electron chi connectivity index (χ4n) is 4.61. The lowest BCUT2D eigenvalue weighted by molar-refractivity contribution is -0.129. The number of fused-ring (bicyclic) bond motifs is 1. The first-order valence-electron chi connectivity index (χ1n) is 11.8. The van der Waals surface area contributed by atoms with E-state index >= 15 is 0 Å². The molecule has 4 heterocycles. The normalized spacial score (nSPS) is 15.3. The highest BCUT2D eigenvalue weighted by Crippen LogP contribution is 2.41. The van der Waals surface area contributed by atoms with Crippen LogP contribution in [0, 0.1) is 0 Å². The van der Waals surface area contributed by atoms with Crippen molar-refractivity contribution in [1.29, 1.82) is 0 Å². The molecule has 0 radical (unpaired) electrons. The summed E-state index contributed by atoms with van der Waals surface area (Å²) in [6.07, 6.45) is 3.87. The molecule has 0 aliphatic carbocycles. The lowest BCUT2D eigenvalue weighted by atomic mass is 10.0. The first-order chi connectivity index (χ1) is 17.4. The number of aromatic amines is 1. The number of nitrogens with one attached hydrogen (secondary N) is 1. The van der Waals surface area contributed by atoms with Crippen LogP contribution < -0.4 is 9.64 Å². The van der Waals surface area contributed by atoms with Crippen molar-refractivity contribution in [2.24, 2.45) is 0 Å². The second-order valence-corrected chi connectivity index (χ2v) is 8.56.